The summed E-state index contributed by atoms with van der Waals surface area (Å²) in [6.07, 6.45) is -0.657. The van der Waals surface area contributed by atoms with Crippen molar-refractivity contribution in [2.24, 2.45) is 0 Å². The topological polar surface area (TPSA) is 61.8 Å². The van der Waals surface area contributed by atoms with Gasteiger partial charge in [0.15, 0.2) is 0 Å². The Hall–Kier alpha value is -0.880. The third-order valence-corrected chi connectivity index (χ3v) is 2.53. The highest BCUT2D eigenvalue weighted by atomic mass is 79.9. The van der Waals surface area contributed by atoms with E-state index in [2.05, 4.69) is 22.5 Å². The molecule has 0 saturated carbocycles. The average Bonchev–Trinajstić information content (AvgIpc) is 2.31. The van der Waals surface area contributed by atoms with Crippen LogP contribution in [0.25, 0.3) is 0 Å². The SMILES string of the molecule is C=C(C)C(=O)OCC(C)OCC(C)OC(=O)C(C)(C)Br. The summed E-state index contributed by atoms with van der Waals surface area (Å²) in [5.41, 5.74) is 0.346. The number of ether oxygens (including phenoxy) is 3. The van der Waals surface area contributed by atoms with Gasteiger partial charge in [0.25, 0.3) is 0 Å². The van der Waals surface area contributed by atoms with Crippen LogP contribution < -0.4 is 0 Å². The Morgan fingerprint density at radius 2 is 1.75 bits per heavy atom. The van der Waals surface area contributed by atoms with Gasteiger partial charge in [-0.1, -0.05) is 22.5 Å². The maximum Gasteiger partial charge on any atom is 0.333 e. The fourth-order valence-corrected chi connectivity index (χ4v) is 1.11. The molecule has 6 heteroatoms. The molecule has 0 saturated heterocycles. The van der Waals surface area contributed by atoms with Crippen LogP contribution in [0.15, 0.2) is 12.2 Å². The lowest BCUT2D eigenvalue weighted by Crippen LogP contribution is -2.32. The molecule has 116 valence electrons. The first-order chi connectivity index (χ1) is 9.04. The lowest BCUT2D eigenvalue weighted by Gasteiger charge is -2.21. The van der Waals surface area contributed by atoms with Crippen LogP contribution in [0.1, 0.15) is 34.6 Å². The van der Waals surface area contributed by atoms with Crippen molar-refractivity contribution >= 4 is 27.9 Å². The Morgan fingerprint density at radius 1 is 1.20 bits per heavy atom. The van der Waals surface area contributed by atoms with Crippen LogP contribution >= 0.6 is 15.9 Å². The zero-order valence-electron chi connectivity index (χ0n) is 12.7. The molecule has 0 aliphatic carbocycles. The molecule has 5 nitrogen and oxygen atoms in total. The lowest BCUT2D eigenvalue weighted by molar-refractivity contribution is -0.155. The minimum Gasteiger partial charge on any atom is -0.460 e. The van der Waals surface area contributed by atoms with Crippen molar-refractivity contribution in [3.8, 4) is 0 Å². The molecule has 0 heterocycles. The minimum atomic E-state index is -0.718. The minimum absolute atomic E-state index is 0.135. The van der Waals surface area contributed by atoms with Gasteiger partial charge in [-0.05, 0) is 34.6 Å². The van der Waals surface area contributed by atoms with Crippen LogP contribution in [0.4, 0.5) is 0 Å². The van der Waals surface area contributed by atoms with E-state index in [9.17, 15) is 9.59 Å². The van der Waals surface area contributed by atoms with Crippen LogP contribution in [0.2, 0.25) is 0 Å². The summed E-state index contributed by atoms with van der Waals surface area (Å²) in [5.74, 6) is -0.795. The highest BCUT2D eigenvalue weighted by Crippen LogP contribution is 2.18. The van der Waals surface area contributed by atoms with Gasteiger partial charge >= 0.3 is 11.9 Å². The first kappa shape index (κ1) is 19.1. The van der Waals surface area contributed by atoms with E-state index in [1.165, 1.54) is 0 Å². The van der Waals surface area contributed by atoms with Crippen molar-refractivity contribution in [1.29, 1.82) is 0 Å². The molecule has 0 N–H and O–H groups in total. The number of hydrogen-bond donors (Lipinski definition) is 0. The average molecular weight is 351 g/mol. The summed E-state index contributed by atoms with van der Waals surface area (Å²) in [4.78, 5) is 22.8. The Bertz CT molecular complexity index is 359. The second-order valence-corrected chi connectivity index (χ2v) is 7.19. The van der Waals surface area contributed by atoms with Crippen LogP contribution in [0.3, 0.4) is 0 Å². The molecule has 0 rings (SSSR count). The number of carbonyl (C=O) groups excluding carboxylic acids is 2. The van der Waals surface area contributed by atoms with E-state index in [0.29, 0.717) is 5.57 Å². The molecule has 0 aromatic rings. The second kappa shape index (κ2) is 8.42. The molecule has 20 heavy (non-hydrogen) atoms. The summed E-state index contributed by atoms with van der Waals surface area (Å²) in [5, 5.41) is 0. The van der Waals surface area contributed by atoms with E-state index in [1.54, 1.807) is 34.6 Å². The van der Waals surface area contributed by atoms with Gasteiger partial charge < -0.3 is 14.2 Å². The highest BCUT2D eigenvalue weighted by Gasteiger charge is 2.27. The van der Waals surface area contributed by atoms with Gasteiger partial charge in [0, 0.05) is 5.57 Å². The summed E-state index contributed by atoms with van der Waals surface area (Å²) in [6, 6.07) is 0. The fraction of sp³-hybridized carbons (Fsp3) is 0.714. The number of rotatable bonds is 8. The summed E-state index contributed by atoms with van der Waals surface area (Å²) in [6.45, 7) is 12.4. The number of alkyl halides is 1. The fourth-order valence-electron chi connectivity index (χ4n) is 1.02. The molecule has 0 radical (unpaired) electrons. The summed E-state index contributed by atoms with van der Waals surface area (Å²) in [7, 11) is 0. The van der Waals surface area contributed by atoms with Gasteiger partial charge in [-0.3, -0.25) is 4.79 Å². The van der Waals surface area contributed by atoms with Crippen LogP contribution in [0, 0.1) is 0 Å². The molecule has 2 unspecified atom stereocenters. The highest BCUT2D eigenvalue weighted by molar-refractivity contribution is 9.10. The lowest BCUT2D eigenvalue weighted by atomic mass is 10.2. The van der Waals surface area contributed by atoms with Crippen molar-refractivity contribution in [2.45, 2.75) is 51.2 Å². The first-order valence-corrected chi connectivity index (χ1v) is 7.17. The van der Waals surface area contributed by atoms with Crippen LogP contribution in [0.5, 0.6) is 0 Å². The largest absolute Gasteiger partial charge is 0.460 e. The van der Waals surface area contributed by atoms with Gasteiger partial charge in [-0.2, -0.15) is 0 Å². The Balaban J connectivity index is 3.95. The summed E-state index contributed by atoms with van der Waals surface area (Å²) < 4.78 is 14.9. The van der Waals surface area contributed by atoms with E-state index in [-0.39, 0.29) is 31.4 Å². The molecule has 0 fully saturated rings. The van der Waals surface area contributed by atoms with E-state index < -0.39 is 10.3 Å². The maximum absolute atomic E-state index is 11.6. The van der Waals surface area contributed by atoms with Crippen molar-refractivity contribution in [3.63, 3.8) is 0 Å². The van der Waals surface area contributed by atoms with Crippen molar-refractivity contribution in [3.05, 3.63) is 12.2 Å². The molecule has 0 aliphatic heterocycles. The van der Waals surface area contributed by atoms with E-state index >= 15 is 0 Å². The van der Waals surface area contributed by atoms with Crippen molar-refractivity contribution in [1.82, 2.24) is 0 Å². The molecule has 0 aromatic carbocycles. The predicted octanol–water partition coefficient (Wildman–Crippen LogP) is 2.62. The molecular weight excluding hydrogens is 328 g/mol. The van der Waals surface area contributed by atoms with E-state index in [0.717, 1.165) is 0 Å². The Kier molecular flexibility index (Phi) is 8.05. The predicted molar refractivity (Wildman–Crippen MR) is 79.7 cm³/mol. The number of halogens is 1. The van der Waals surface area contributed by atoms with Gasteiger partial charge in [0.2, 0.25) is 0 Å². The quantitative estimate of drug-likeness (QED) is 0.382. The standard InChI is InChI=1S/C14H23BrO5/c1-9(2)12(16)19-7-10(3)18-8-11(4)20-13(17)14(5,6)15/h10-11H,1,7-8H2,2-6H3. The maximum atomic E-state index is 11.6. The molecule has 0 spiro atoms. The number of hydrogen-bond acceptors (Lipinski definition) is 5. The normalized spacial score (nSPS) is 14.3. The zero-order chi connectivity index (χ0) is 15.9. The molecule has 0 aliphatic rings. The van der Waals surface area contributed by atoms with Gasteiger partial charge in [-0.25, -0.2) is 4.79 Å². The van der Waals surface area contributed by atoms with Crippen molar-refractivity contribution in [2.75, 3.05) is 13.2 Å². The van der Waals surface area contributed by atoms with Crippen LogP contribution in [-0.2, 0) is 23.8 Å². The number of esters is 2. The third-order valence-electron chi connectivity index (χ3n) is 2.21. The molecular formula is C14H23BrO5. The van der Waals surface area contributed by atoms with E-state index in [4.69, 9.17) is 14.2 Å². The van der Waals surface area contributed by atoms with Gasteiger partial charge in [0.1, 0.15) is 17.0 Å². The monoisotopic (exact) mass is 350 g/mol. The van der Waals surface area contributed by atoms with Gasteiger partial charge in [0.05, 0.1) is 12.7 Å². The molecule has 2 atom stereocenters. The Labute approximate surface area is 128 Å². The van der Waals surface area contributed by atoms with Crippen LogP contribution in [-0.4, -0.2) is 41.7 Å². The number of carbonyl (C=O) groups is 2. The van der Waals surface area contributed by atoms with E-state index in [1.807, 2.05) is 0 Å². The molecule has 0 bridgehead atoms. The summed E-state index contributed by atoms with van der Waals surface area (Å²) >= 11 is 3.23. The zero-order valence-corrected chi connectivity index (χ0v) is 14.3. The smallest absolute Gasteiger partial charge is 0.333 e. The Morgan fingerprint density at radius 3 is 2.20 bits per heavy atom. The van der Waals surface area contributed by atoms with Crippen molar-refractivity contribution < 1.29 is 23.8 Å². The third kappa shape index (κ3) is 8.32. The second-order valence-electron chi connectivity index (χ2n) is 5.21. The first-order valence-electron chi connectivity index (χ1n) is 6.38. The molecule has 0 aromatic heterocycles. The molecule has 0 amide bonds. The van der Waals surface area contributed by atoms with Gasteiger partial charge in [-0.15, -0.1) is 0 Å².